The van der Waals surface area contributed by atoms with Gasteiger partial charge in [0.1, 0.15) is 5.76 Å². The van der Waals surface area contributed by atoms with E-state index in [1.54, 1.807) is 24.4 Å². The van der Waals surface area contributed by atoms with Crippen LogP contribution in [0, 0.1) is 16.9 Å². The van der Waals surface area contributed by atoms with Crippen molar-refractivity contribution in [3.63, 3.8) is 0 Å². The first-order valence-corrected chi connectivity index (χ1v) is 14.7. The maximum absolute atomic E-state index is 13.8. The number of rotatable bonds is 2. The number of hydrogen-bond donors (Lipinski definition) is 1. The number of allylic oxidation sites excluding steroid dienone is 2. The van der Waals surface area contributed by atoms with Crippen molar-refractivity contribution in [1.82, 2.24) is 4.98 Å². The quantitative estimate of drug-likeness (QED) is 0.0822. The second-order valence-corrected chi connectivity index (χ2v) is 13.2. The summed E-state index contributed by atoms with van der Waals surface area (Å²) in [5.74, 6) is 0.104. The monoisotopic (exact) mass is 799 g/mol. The van der Waals surface area contributed by atoms with Gasteiger partial charge in [0.25, 0.3) is 0 Å². The third-order valence-corrected chi connectivity index (χ3v) is 7.78. The molecule has 6 aromatic rings. The van der Waals surface area contributed by atoms with Gasteiger partial charge in [0, 0.05) is 48.9 Å². The number of aliphatic hydroxyl groups excluding tert-OH is 1. The molecule has 1 N–H and O–H groups in total. The van der Waals surface area contributed by atoms with Crippen molar-refractivity contribution in [2.75, 3.05) is 0 Å². The Labute approximate surface area is 280 Å². The van der Waals surface area contributed by atoms with Crippen molar-refractivity contribution in [2.45, 2.75) is 47.7 Å². The molecule has 0 spiro atoms. The minimum Gasteiger partial charge on any atom is -0.512 e. The number of carbonyl (C=O) groups is 1. The molecule has 1 heterocycles. The summed E-state index contributed by atoms with van der Waals surface area (Å²) >= 11 is 0. The number of pyridine rings is 1. The van der Waals surface area contributed by atoms with Gasteiger partial charge in [0.15, 0.2) is 5.78 Å². The Morgan fingerprint density at radius 3 is 1.93 bits per heavy atom. The van der Waals surface area contributed by atoms with Crippen molar-refractivity contribution >= 4 is 48.9 Å². The van der Waals surface area contributed by atoms with Crippen molar-refractivity contribution in [2.24, 2.45) is 10.8 Å². The Balaban J connectivity index is 0.000000295. The minimum absolute atomic E-state index is 0. The first-order valence-electron chi connectivity index (χ1n) is 14.7. The average molecular weight is 799 g/mol. The molecule has 3 nitrogen and oxygen atoms in total. The van der Waals surface area contributed by atoms with Gasteiger partial charge in [-0.15, -0.1) is 23.6 Å². The van der Waals surface area contributed by atoms with E-state index in [-0.39, 0.29) is 42.4 Å². The Hall–Kier alpha value is -4.06. The number of halogens is 3. The molecule has 0 aliphatic carbocycles. The van der Waals surface area contributed by atoms with Gasteiger partial charge in [-0.1, -0.05) is 119 Å². The number of benzene rings is 5. The fourth-order valence-corrected chi connectivity index (χ4v) is 5.12. The van der Waals surface area contributed by atoms with E-state index in [0.29, 0.717) is 16.6 Å². The second-order valence-electron chi connectivity index (χ2n) is 13.2. The third-order valence-electron chi connectivity index (χ3n) is 7.78. The number of aliphatic hydroxyl groups is 1. The van der Waals surface area contributed by atoms with Gasteiger partial charge in [-0.3, -0.25) is 9.78 Å². The molecule has 5 aromatic carbocycles. The van der Waals surface area contributed by atoms with Crippen LogP contribution in [0.4, 0.5) is 13.2 Å². The topological polar surface area (TPSA) is 50.2 Å². The third kappa shape index (κ3) is 7.16. The van der Waals surface area contributed by atoms with Crippen molar-refractivity contribution in [3.05, 3.63) is 115 Å². The molecular formula is C39H35F3IrNO2-. The first-order chi connectivity index (χ1) is 21.1. The summed E-state index contributed by atoms with van der Waals surface area (Å²) in [6, 6.07) is 29.0. The average Bonchev–Trinajstić information content (AvgIpc) is 2.98. The number of ketones is 1. The summed E-state index contributed by atoms with van der Waals surface area (Å²) in [7, 11) is 0. The zero-order valence-electron chi connectivity index (χ0n) is 26.5. The Bertz CT molecular complexity index is 2100. The molecule has 7 heteroatoms. The molecular weight excluding hydrogens is 764 g/mol. The number of nitrogens with zero attached hydrogens (tertiary/aromatic N) is 1. The van der Waals surface area contributed by atoms with E-state index in [4.69, 9.17) is 0 Å². The van der Waals surface area contributed by atoms with Crippen LogP contribution in [0.15, 0.2) is 103 Å². The van der Waals surface area contributed by atoms with Crippen LogP contribution in [0.5, 0.6) is 0 Å². The SMILES string of the molecule is CC(C)(C)C(=O)/C=C(\O)C(C)(C)C.FC(F)(F)c1cc(-c2nccc3c2ccc2c4ccccc4ccc32)[c-]c2ccccc12.[Ir]. The van der Waals surface area contributed by atoms with Gasteiger partial charge in [0.2, 0.25) is 0 Å². The molecule has 6 rings (SSSR count). The fraction of sp³-hybridized carbons (Fsp3) is 0.231. The van der Waals surface area contributed by atoms with E-state index in [9.17, 15) is 23.1 Å². The normalized spacial score (nSPS) is 12.6. The zero-order valence-corrected chi connectivity index (χ0v) is 28.9. The van der Waals surface area contributed by atoms with Gasteiger partial charge < -0.3 is 5.11 Å². The van der Waals surface area contributed by atoms with Crippen LogP contribution >= 0.6 is 0 Å². The maximum atomic E-state index is 13.8. The molecule has 0 aliphatic rings. The van der Waals surface area contributed by atoms with E-state index < -0.39 is 17.2 Å². The van der Waals surface area contributed by atoms with Crippen LogP contribution in [0.3, 0.4) is 0 Å². The predicted octanol–water partition coefficient (Wildman–Crippen LogP) is 11.3. The number of alkyl halides is 3. The first kappa shape index (κ1) is 34.8. The van der Waals surface area contributed by atoms with Crippen LogP contribution in [0.1, 0.15) is 47.1 Å². The molecule has 0 atom stereocenters. The molecule has 46 heavy (non-hydrogen) atoms. The molecule has 239 valence electrons. The molecule has 0 aliphatic heterocycles. The summed E-state index contributed by atoms with van der Waals surface area (Å²) in [5, 5.41) is 16.3. The van der Waals surface area contributed by atoms with Crippen molar-refractivity contribution < 1.29 is 43.2 Å². The zero-order chi connectivity index (χ0) is 32.7. The molecule has 1 radical (unpaired) electrons. The van der Waals surface area contributed by atoms with Crippen molar-refractivity contribution in [3.8, 4) is 11.3 Å². The summed E-state index contributed by atoms with van der Waals surface area (Å²) in [5.41, 5.74) is -0.608. The fourth-order valence-electron chi connectivity index (χ4n) is 5.12. The van der Waals surface area contributed by atoms with Crippen LogP contribution in [0.2, 0.25) is 0 Å². The Morgan fingerprint density at radius 1 is 0.717 bits per heavy atom. The molecule has 0 fully saturated rings. The Morgan fingerprint density at radius 2 is 1.28 bits per heavy atom. The Kier molecular flexibility index (Phi) is 9.82. The number of aromatic nitrogens is 1. The molecule has 0 saturated carbocycles. The summed E-state index contributed by atoms with van der Waals surface area (Å²) in [6.07, 6.45) is -1.48. The van der Waals surface area contributed by atoms with Crippen molar-refractivity contribution in [1.29, 1.82) is 0 Å². The van der Waals surface area contributed by atoms with Gasteiger partial charge in [-0.2, -0.15) is 13.2 Å². The van der Waals surface area contributed by atoms with Gasteiger partial charge in [-0.25, -0.2) is 0 Å². The molecule has 1 aromatic heterocycles. The van der Waals surface area contributed by atoms with Crippen LogP contribution < -0.4 is 0 Å². The van der Waals surface area contributed by atoms with Gasteiger partial charge in [0.05, 0.1) is 0 Å². The van der Waals surface area contributed by atoms with E-state index in [0.717, 1.165) is 38.4 Å². The van der Waals surface area contributed by atoms with E-state index in [2.05, 4.69) is 35.3 Å². The minimum atomic E-state index is -4.47. The van der Waals surface area contributed by atoms with Crippen LogP contribution in [0.25, 0.3) is 54.3 Å². The van der Waals surface area contributed by atoms with Crippen LogP contribution in [-0.4, -0.2) is 15.9 Å². The summed E-state index contributed by atoms with van der Waals surface area (Å²) in [6.45, 7) is 11.1. The smallest absolute Gasteiger partial charge is 0.403 e. The summed E-state index contributed by atoms with van der Waals surface area (Å²) in [4.78, 5) is 16.0. The number of carbonyl (C=O) groups excluding carboxylic acids is 1. The largest absolute Gasteiger partial charge is 0.512 e. The van der Waals surface area contributed by atoms with E-state index in [1.807, 2.05) is 71.9 Å². The molecule has 0 saturated heterocycles. The van der Waals surface area contributed by atoms with Gasteiger partial charge in [-0.05, 0) is 43.9 Å². The molecule has 0 unspecified atom stereocenters. The number of hydrogen-bond acceptors (Lipinski definition) is 3. The summed E-state index contributed by atoms with van der Waals surface area (Å²) < 4.78 is 41.5. The predicted molar refractivity (Wildman–Crippen MR) is 178 cm³/mol. The standard InChI is InChI=1S/C28H15F3N.C11H20O2.Ir/c29-28(30,31)26-16-19(15-18-6-2-4-8-21(18)26)27-25-12-11-22-20-7-3-1-5-17(20)9-10-23(22)24(25)13-14-32-27;1-10(2,3)8(12)7-9(13)11(4,5)6;/h1-14,16H;7,12H,1-6H3;/q-1;;/b;8-7-;. The van der Waals surface area contributed by atoms with E-state index in [1.165, 1.54) is 12.1 Å². The van der Waals surface area contributed by atoms with Gasteiger partial charge >= 0.3 is 6.18 Å². The van der Waals surface area contributed by atoms with Crippen LogP contribution in [-0.2, 0) is 31.1 Å². The molecule has 0 amide bonds. The maximum Gasteiger partial charge on any atom is 0.403 e. The van der Waals surface area contributed by atoms with E-state index >= 15 is 0 Å². The molecule has 0 bridgehead atoms. The second kappa shape index (κ2) is 13.0. The number of fused-ring (bicyclic) bond motifs is 6.